The average molecular weight is 185 g/mol. The number of thioether (sulfide) groups is 1. The first-order valence-corrected chi connectivity index (χ1v) is 5.81. The maximum absolute atomic E-state index is 11.0. The predicted molar refractivity (Wildman–Crippen MR) is 61.5 cm³/mol. The summed E-state index contributed by atoms with van der Waals surface area (Å²) in [5, 5.41) is 2.89. The first kappa shape index (κ1) is 11.9. The van der Waals surface area contributed by atoms with Gasteiger partial charge in [0, 0.05) is 6.54 Å². The van der Waals surface area contributed by atoms with Crippen LogP contribution in [-0.2, 0) is 4.79 Å². The fourth-order valence-corrected chi connectivity index (χ4v) is 1.34. The monoisotopic (exact) mass is 185 g/mol. The van der Waals surface area contributed by atoms with E-state index in [0.29, 0.717) is 5.75 Å². The molecule has 0 heterocycles. The Morgan fingerprint density at radius 3 is 2.67 bits per heavy atom. The van der Waals surface area contributed by atoms with E-state index in [-0.39, 0.29) is 5.91 Å². The number of unbranched alkanes of at least 4 members (excludes halogenated alkanes) is 1. The van der Waals surface area contributed by atoms with Crippen LogP contribution < -0.4 is 5.32 Å². The van der Waals surface area contributed by atoms with Crippen LogP contribution in [0.1, 0.15) is 12.8 Å². The van der Waals surface area contributed by atoms with Crippen molar-refractivity contribution in [2.45, 2.75) is 19.2 Å². The van der Waals surface area contributed by atoms with Crippen molar-refractivity contribution >= 4 is 33.4 Å². The predicted octanol–water partition coefficient (Wildman–Crippen LogP) is -0.742. The first-order valence-electron chi connectivity index (χ1n) is 4.65. The standard InChI is InChI=1S/C7H17B2NOS/c8-3-1-2-4-10-7(11)5-12-6-9/h1-6,8-9H2,(H,10,11). The van der Waals surface area contributed by atoms with E-state index in [1.807, 2.05) is 0 Å². The lowest BCUT2D eigenvalue weighted by Crippen LogP contribution is -2.26. The summed E-state index contributed by atoms with van der Waals surface area (Å²) in [5.74, 6) is 0.792. The minimum atomic E-state index is 0.179. The normalized spacial score (nSPS) is 9.67. The van der Waals surface area contributed by atoms with Gasteiger partial charge in [0.1, 0.15) is 15.7 Å². The summed E-state index contributed by atoms with van der Waals surface area (Å²) in [6.07, 6.45) is 3.53. The molecule has 0 atom stereocenters. The molecule has 0 radical (unpaired) electrons. The smallest absolute Gasteiger partial charge is 0.229 e. The maximum Gasteiger partial charge on any atom is 0.229 e. The molecule has 0 spiro atoms. The summed E-state index contributed by atoms with van der Waals surface area (Å²) in [4.78, 5) is 11.0. The van der Waals surface area contributed by atoms with E-state index >= 15 is 0 Å². The van der Waals surface area contributed by atoms with Gasteiger partial charge in [-0.05, 0) is 12.1 Å². The van der Waals surface area contributed by atoms with Crippen LogP contribution in [0.15, 0.2) is 0 Å². The first-order chi connectivity index (χ1) is 5.81. The van der Waals surface area contributed by atoms with Gasteiger partial charge < -0.3 is 5.32 Å². The van der Waals surface area contributed by atoms with Crippen molar-refractivity contribution in [3.63, 3.8) is 0 Å². The molecular formula is C7H17B2NOS. The van der Waals surface area contributed by atoms with Crippen molar-refractivity contribution in [1.29, 1.82) is 0 Å². The molecule has 0 aromatic carbocycles. The molecule has 2 nitrogen and oxygen atoms in total. The van der Waals surface area contributed by atoms with Crippen LogP contribution in [0.25, 0.3) is 0 Å². The molecule has 0 saturated carbocycles. The number of hydrogen-bond acceptors (Lipinski definition) is 2. The highest BCUT2D eigenvalue weighted by Crippen LogP contribution is 1.95. The second-order valence-electron chi connectivity index (χ2n) is 2.69. The largest absolute Gasteiger partial charge is 0.355 e. The third kappa shape index (κ3) is 8.05. The van der Waals surface area contributed by atoms with E-state index in [1.54, 1.807) is 11.8 Å². The molecule has 0 unspecified atom stereocenters. The average Bonchev–Trinajstić information content (AvgIpc) is 2.09. The van der Waals surface area contributed by atoms with Crippen molar-refractivity contribution in [2.75, 3.05) is 17.9 Å². The van der Waals surface area contributed by atoms with E-state index < -0.39 is 0 Å². The summed E-state index contributed by atoms with van der Waals surface area (Å²) >= 11 is 1.67. The van der Waals surface area contributed by atoms with Gasteiger partial charge in [-0.25, -0.2) is 0 Å². The van der Waals surface area contributed by atoms with Gasteiger partial charge in [-0.15, -0.1) is 0 Å². The molecule has 0 aromatic heterocycles. The topological polar surface area (TPSA) is 29.1 Å². The molecule has 68 valence electrons. The third-order valence-electron chi connectivity index (χ3n) is 1.54. The van der Waals surface area contributed by atoms with Crippen LogP contribution in [0.4, 0.5) is 0 Å². The van der Waals surface area contributed by atoms with Crippen LogP contribution in [-0.4, -0.2) is 39.5 Å². The molecule has 0 fully saturated rings. The molecule has 0 aliphatic rings. The highest BCUT2D eigenvalue weighted by molar-refractivity contribution is 8.00. The number of carbonyl (C=O) groups is 1. The zero-order chi connectivity index (χ0) is 9.23. The Bertz CT molecular complexity index is 124. The van der Waals surface area contributed by atoms with Gasteiger partial charge in [0.2, 0.25) is 5.91 Å². The molecule has 0 saturated heterocycles. The number of rotatable bonds is 7. The Kier molecular flexibility index (Phi) is 9.00. The summed E-state index contributed by atoms with van der Waals surface area (Å²) in [7, 11) is 4.23. The minimum absolute atomic E-state index is 0.179. The Labute approximate surface area is 81.1 Å². The van der Waals surface area contributed by atoms with E-state index in [9.17, 15) is 4.79 Å². The van der Waals surface area contributed by atoms with Crippen LogP contribution in [0.3, 0.4) is 0 Å². The zero-order valence-electron chi connectivity index (χ0n) is 8.06. The summed E-state index contributed by atoms with van der Waals surface area (Å²) < 4.78 is 0. The fraction of sp³-hybridized carbons (Fsp3) is 0.857. The molecule has 0 aliphatic heterocycles. The van der Waals surface area contributed by atoms with Crippen LogP contribution in [0, 0.1) is 0 Å². The van der Waals surface area contributed by atoms with Crippen LogP contribution >= 0.6 is 11.8 Å². The van der Waals surface area contributed by atoms with E-state index in [0.717, 1.165) is 18.6 Å². The van der Waals surface area contributed by atoms with Gasteiger partial charge in [0.05, 0.1) is 5.75 Å². The molecule has 0 bridgehead atoms. The second kappa shape index (κ2) is 9.04. The van der Waals surface area contributed by atoms with Crippen LogP contribution in [0.5, 0.6) is 0 Å². The highest BCUT2D eigenvalue weighted by atomic mass is 32.2. The molecule has 0 aromatic rings. The van der Waals surface area contributed by atoms with Gasteiger partial charge >= 0.3 is 0 Å². The lowest BCUT2D eigenvalue weighted by atomic mass is 10.0. The fourth-order valence-electron chi connectivity index (χ4n) is 0.849. The quantitative estimate of drug-likeness (QED) is 0.418. The van der Waals surface area contributed by atoms with Gasteiger partial charge in [0.25, 0.3) is 0 Å². The number of amides is 1. The van der Waals surface area contributed by atoms with Crippen molar-refractivity contribution in [2.24, 2.45) is 0 Å². The van der Waals surface area contributed by atoms with Gasteiger partial charge in [-0.1, -0.05) is 12.7 Å². The van der Waals surface area contributed by atoms with Crippen molar-refractivity contribution in [1.82, 2.24) is 5.32 Å². The molecular weight excluding hydrogens is 168 g/mol. The maximum atomic E-state index is 11.0. The molecule has 1 N–H and O–H groups in total. The van der Waals surface area contributed by atoms with E-state index in [1.165, 1.54) is 12.7 Å². The van der Waals surface area contributed by atoms with E-state index in [4.69, 9.17) is 0 Å². The lowest BCUT2D eigenvalue weighted by molar-refractivity contribution is -0.118. The number of nitrogens with one attached hydrogen (secondary N) is 1. The molecule has 0 aliphatic carbocycles. The highest BCUT2D eigenvalue weighted by Gasteiger charge is 1.97. The molecule has 0 rings (SSSR count). The van der Waals surface area contributed by atoms with Crippen molar-refractivity contribution in [3.8, 4) is 0 Å². The van der Waals surface area contributed by atoms with Crippen LogP contribution in [0.2, 0.25) is 6.32 Å². The van der Waals surface area contributed by atoms with Gasteiger partial charge in [-0.3, -0.25) is 4.79 Å². The Morgan fingerprint density at radius 2 is 2.08 bits per heavy atom. The number of hydrogen-bond donors (Lipinski definition) is 1. The summed E-state index contributed by atoms with van der Waals surface area (Å²) in [6, 6.07) is 0. The second-order valence-corrected chi connectivity index (χ2v) is 3.97. The Hall–Kier alpha value is -0.0501. The Morgan fingerprint density at radius 1 is 1.33 bits per heavy atom. The molecule has 1 amide bonds. The third-order valence-corrected chi connectivity index (χ3v) is 2.41. The van der Waals surface area contributed by atoms with Crippen molar-refractivity contribution in [3.05, 3.63) is 0 Å². The molecule has 12 heavy (non-hydrogen) atoms. The lowest BCUT2D eigenvalue weighted by Gasteiger charge is -2.02. The van der Waals surface area contributed by atoms with Gasteiger partial charge in [0.15, 0.2) is 0 Å². The minimum Gasteiger partial charge on any atom is -0.355 e. The Balaban J connectivity index is 3.08. The SMILES string of the molecule is BCCCCNC(=O)CSCB. The van der Waals surface area contributed by atoms with Gasteiger partial charge in [-0.2, -0.15) is 11.8 Å². The number of carbonyl (C=O) groups excluding carboxylic acids is 1. The summed E-state index contributed by atoms with van der Waals surface area (Å²) in [6.45, 7) is 0.844. The van der Waals surface area contributed by atoms with E-state index in [2.05, 4.69) is 21.0 Å². The summed E-state index contributed by atoms with van der Waals surface area (Å²) in [5.41, 5.74) is 1.02. The molecule has 5 heteroatoms. The van der Waals surface area contributed by atoms with Crippen molar-refractivity contribution < 1.29 is 4.79 Å². The zero-order valence-corrected chi connectivity index (χ0v) is 8.88.